The minimum absolute atomic E-state index is 1.23. The van der Waals surface area contributed by atoms with Gasteiger partial charge in [-0.15, -0.1) is 0 Å². The molecule has 2 fully saturated rings. The fourth-order valence-corrected chi connectivity index (χ4v) is 5.37. The van der Waals surface area contributed by atoms with Crippen molar-refractivity contribution in [3.8, 4) is 0 Å². The molecule has 10 atom stereocenters. The van der Waals surface area contributed by atoms with Gasteiger partial charge in [0, 0.05) is 0 Å². The number of carbonyl (C=O) groups is 1. The van der Waals surface area contributed by atoms with Crippen LogP contribution in [-0.2, 0) is 73.1 Å². The van der Waals surface area contributed by atoms with E-state index in [2.05, 4.69) is 17.3 Å². The largest absolute Gasteiger partial charge is 0.479 e. The lowest BCUT2D eigenvalue weighted by atomic mass is 9.96. The number of carboxylic acid groups (broad SMARTS) is 1. The van der Waals surface area contributed by atoms with E-state index in [0.29, 0.717) is 0 Å². The Morgan fingerprint density at radius 2 is 1.27 bits per heavy atom. The van der Waals surface area contributed by atoms with E-state index in [4.69, 9.17) is 23.1 Å². The molecule has 2 saturated heterocycles. The standard InChI is InChI=1S/C12H21NO23S4/c14-4-2(1-31-38(22,23)24)32-12(3(13-37(19,20)21)6(4)35-39(25,26)27)34-7-5(15)8(36-40(28,29)30)11(18)33-9(7)10(16)17/h2-9,11-15,18H,1H2,(H,16,17)(H,19,20,21)(H,22,23,24)(H,25,26,27)(H,28,29,30)/t2-,3-,4-,5+,6-,7+,8-,9-,11-,12-/m1/s1. The summed E-state index contributed by atoms with van der Waals surface area (Å²) in [4.78, 5) is 11.7. The second kappa shape index (κ2) is 12.5. The summed E-state index contributed by atoms with van der Waals surface area (Å²) in [7, 11) is -21.9. The Bertz CT molecular complexity index is 1340. The second-order valence-electron chi connectivity index (χ2n) is 7.72. The number of nitrogens with one attached hydrogen (secondary N) is 1. The maximum atomic E-state index is 11.7. The smallest absolute Gasteiger partial charge is 0.397 e. The number of hydrogen-bond acceptors (Lipinski definition) is 18. The summed E-state index contributed by atoms with van der Waals surface area (Å²) in [5, 5.41) is 40.1. The van der Waals surface area contributed by atoms with E-state index in [1.807, 2.05) is 0 Å². The predicted octanol–water partition coefficient (Wildman–Crippen LogP) is -6.42. The molecule has 40 heavy (non-hydrogen) atoms. The third-order valence-electron chi connectivity index (χ3n) is 4.88. The first-order chi connectivity index (χ1) is 17.9. The van der Waals surface area contributed by atoms with Crippen LogP contribution in [0, 0.1) is 0 Å². The Hall–Kier alpha value is -1.29. The van der Waals surface area contributed by atoms with Crippen molar-refractivity contribution in [2.45, 2.75) is 61.3 Å². The molecule has 2 rings (SSSR count). The van der Waals surface area contributed by atoms with E-state index in [-0.39, 0.29) is 0 Å². The Labute approximate surface area is 224 Å². The van der Waals surface area contributed by atoms with Crippen LogP contribution in [0.4, 0.5) is 0 Å². The number of aliphatic hydroxyl groups is 3. The molecule has 0 aromatic rings. The lowest BCUT2D eigenvalue weighted by Gasteiger charge is -2.46. The summed E-state index contributed by atoms with van der Waals surface area (Å²) < 4.78 is 154. The van der Waals surface area contributed by atoms with Crippen LogP contribution in [0.3, 0.4) is 0 Å². The summed E-state index contributed by atoms with van der Waals surface area (Å²) in [6.45, 7) is -1.44. The molecule has 0 saturated carbocycles. The molecule has 0 unspecified atom stereocenters. The lowest BCUT2D eigenvalue weighted by Crippen LogP contribution is -2.68. The van der Waals surface area contributed by atoms with Gasteiger partial charge in [0.15, 0.2) is 24.8 Å². The number of carboxylic acids is 1. The van der Waals surface area contributed by atoms with Gasteiger partial charge in [0.05, 0.1) is 6.61 Å². The average molecular weight is 676 g/mol. The van der Waals surface area contributed by atoms with Crippen LogP contribution in [0.25, 0.3) is 0 Å². The highest BCUT2D eigenvalue weighted by Gasteiger charge is 2.56. The van der Waals surface area contributed by atoms with Gasteiger partial charge in [0.1, 0.15) is 36.6 Å². The van der Waals surface area contributed by atoms with E-state index >= 15 is 0 Å². The molecule has 2 aliphatic heterocycles. The summed E-state index contributed by atoms with van der Waals surface area (Å²) in [5.41, 5.74) is 0. The Kier molecular flexibility index (Phi) is 10.9. The summed E-state index contributed by atoms with van der Waals surface area (Å²) >= 11 is 0. The van der Waals surface area contributed by atoms with E-state index < -0.39 is 115 Å². The minimum atomic E-state index is -5.65. The van der Waals surface area contributed by atoms with Gasteiger partial charge in [-0.05, 0) is 0 Å². The summed E-state index contributed by atoms with van der Waals surface area (Å²) in [6.07, 6.45) is -22.9. The van der Waals surface area contributed by atoms with Crippen LogP contribution in [-0.4, -0.2) is 146 Å². The van der Waals surface area contributed by atoms with Crippen LogP contribution in [0.1, 0.15) is 0 Å². The monoisotopic (exact) mass is 675 g/mol. The minimum Gasteiger partial charge on any atom is -0.479 e. The predicted molar refractivity (Wildman–Crippen MR) is 113 cm³/mol. The van der Waals surface area contributed by atoms with Crippen LogP contribution < -0.4 is 4.72 Å². The molecule has 2 aliphatic rings. The average Bonchev–Trinajstić information content (AvgIpc) is 2.73. The number of rotatable bonds is 12. The number of aliphatic hydroxyl groups excluding tert-OH is 3. The number of aliphatic carboxylic acids is 1. The zero-order chi connectivity index (χ0) is 31.0. The van der Waals surface area contributed by atoms with Gasteiger partial charge in [-0.3, -0.25) is 18.2 Å². The fraction of sp³-hybridized carbons (Fsp3) is 0.917. The van der Waals surface area contributed by atoms with Crippen molar-refractivity contribution in [1.82, 2.24) is 4.72 Å². The zero-order valence-corrected chi connectivity index (χ0v) is 22.1. The van der Waals surface area contributed by atoms with Gasteiger partial charge in [-0.2, -0.15) is 38.4 Å². The van der Waals surface area contributed by atoms with Crippen molar-refractivity contribution < 1.29 is 104 Å². The molecule has 0 aromatic heterocycles. The quantitative estimate of drug-likeness (QED) is 0.0868. The van der Waals surface area contributed by atoms with Crippen molar-refractivity contribution in [2.75, 3.05) is 6.61 Å². The molecular formula is C12H21NO23S4. The third kappa shape index (κ3) is 10.2. The van der Waals surface area contributed by atoms with Crippen LogP contribution in [0.5, 0.6) is 0 Å². The zero-order valence-electron chi connectivity index (χ0n) is 18.8. The Morgan fingerprint density at radius 3 is 1.73 bits per heavy atom. The third-order valence-corrected chi connectivity index (χ3v) is 6.81. The van der Waals surface area contributed by atoms with Crippen LogP contribution in [0.15, 0.2) is 0 Å². The SMILES string of the molecule is O=C(O)[C@@H]1O[C@@H](O)[C@H](OS(=O)(=O)O)[C@@H](O)[C@@H]1O[C@H]1O[C@H](COS(=O)(=O)O)[C@@H](O)[C@H](OS(=O)(=O)O)[C@H]1NS(=O)(=O)O. The molecule has 0 aromatic carbocycles. The maximum Gasteiger partial charge on any atom is 0.397 e. The normalized spacial score (nSPS) is 36.3. The van der Waals surface area contributed by atoms with Gasteiger partial charge < -0.3 is 34.6 Å². The van der Waals surface area contributed by atoms with Gasteiger partial charge in [0.25, 0.3) is 0 Å². The van der Waals surface area contributed by atoms with Crippen molar-refractivity contribution in [3.63, 3.8) is 0 Å². The maximum absolute atomic E-state index is 11.7. The van der Waals surface area contributed by atoms with Gasteiger partial charge in [-0.1, -0.05) is 0 Å². The summed E-state index contributed by atoms with van der Waals surface area (Å²) in [5.74, 6) is -2.07. The molecule has 0 radical (unpaired) electrons. The molecule has 0 spiro atoms. The molecule has 236 valence electrons. The molecule has 0 aliphatic carbocycles. The molecule has 0 bridgehead atoms. The van der Waals surface area contributed by atoms with Crippen LogP contribution >= 0.6 is 0 Å². The van der Waals surface area contributed by atoms with Crippen molar-refractivity contribution in [3.05, 3.63) is 0 Å². The van der Waals surface area contributed by atoms with E-state index in [1.165, 1.54) is 4.72 Å². The number of ether oxygens (including phenoxy) is 3. The van der Waals surface area contributed by atoms with Gasteiger partial charge in [0.2, 0.25) is 0 Å². The van der Waals surface area contributed by atoms with Crippen molar-refractivity contribution in [2.24, 2.45) is 0 Å². The lowest BCUT2D eigenvalue weighted by molar-refractivity contribution is -0.330. The van der Waals surface area contributed by atoms with Crippen molar-refractivity contribution in [1.29, 1.82) is 0 Å². The highest BCUT2D eigenvalue weighted by atomic mass is 32.3. The summed E-state index contributed by atoms with van der Waals surface area (Å²) in [6, 6.07) is -2.57. The molecule has 28 heteroatoms. The van der Waals surface area contributed by atoms with E-state index in [9.17, 15) is 63.4 Å². The second-order valence-corrected chi connectivity index (χ2v) is 12.1. The highest BCUT2D eigenvalue weighted by Crippen LogP contribution is 2.32. The molecule has 9 N–H and O–H groups in total. The molecule has 24 nitrogen and oxygen atoms in total. The highest BCUT2D eigenvalue weighted by molar-refractivity contribution is 7.83. The van der Waals surface area contributed by atoms with Gasteiger partial charge >= 0.3 is 47.5 Å². The first-order valence-corrected chi connectivity index (χ1v) is 15.3. The van der Waals surface area contributed by atoms with Crippen molar-refractivity contribution >= 4 is 47.5 Å². The first-order valence-electron chi connectivity index (χ1n) is 9.80. The molecule has 2 heterocycles. The molecular weight excluding hydrogens is 654 g/mol. The Morgan fingerprint density at radius 1 is 0.750 bits per heavy atom. The molecule has 0 amide bonds. The Balaban J connectivity index is 2.59. The van der Waals surface area contributed by atoms with E-state index in [1.54, 1.807) is 0 Å². The van der Waals surface area contributed by atoms with Gasteiger partial charge in [-0.25, -0.2) is 17.3 Å². The fourth-order valence-electron chi connectivity index (χ4n) is 3.47. The van der Waals surface area contributed by atoms with Crippen LogP contribution in [0.2, 0.25) is 0 Å². The number of hydrogen-bond donors (Lipinski definition) is 9. The topological polar surface area (TPSA) is 383 Å². The first kappa shape index (κ1) is 34.9. The van der Waals surface area contributed by atoms with E-state index in [0.717, 1.165) is 0 Å².